The van der Waals surface area contributed by atoms with Gasteiger partial charge < -0.3 is 9.30 Å². The molecule has 3 heteroatoms. The Labute approximate surface area is 88.3 Å². The summed E-state index contributed by atoms with van der Waals surface area (Å²) in [4.78, 5) is 0. The monoisotopic (exact) mass is 207 g/mol. The predicted molar refractivity (Wildman–Crippen MR) is 58.8 cm³/mol. The third-order valence-corrected chi connectivity index (χ3v) is 2.72. The number of nitrogens with zero attached hydrogens (tertiary/aromatic N) is 1. The van der Waals surface area contributed by atoms with Crippen molar-refractivity contribution in [2.45, 2.75) is 13.3 Å². The van der Waals surface area contributed by atoms with Crippen molar-refractivity contribution >= 4 is 10.9 Å². The summed E-state index contributed by atoms with van der Waals surface area (Å²) >= 11 is 0. The molecular weight excluding hydrogens is 193 g/mol. The molecule has 0 N–H and O–H groups in total. The minimum absolute atomic E-state index is 0.300. The van der Waals surface area contributed by atoms with Crippen LogP contribution in [-0.2, 0) is 13.5 Å². The molecule has 2 aromatic rings. The molecule has 0 aliphatic heterocycles. The summed E-state index contributed by atoms with van der Waals surface area (Å²) in [6, 6.07) is 3.23. The smallest absolute Gasteiger partial charge is 0.165 e. The molecule has 0 spiro atoms. The van der Waals surface area contributed by atoms with E-state index in [0.717, 1.165) is 22.9 Å². The molecule has 0 atom stereocenters. The second-order valence-electron chi connectivity index (χ2n) is 3.59. The van der Waals surface area contributed by atoms with Gasteiger partial charge in [0.15, 0.2) is 11.6 Å². The van der Waals surface area contributed by atoms with E-state index in [4.69, 9.17) is 4.74 Å². The second kappa shape index (κ2) is 3.57. The number of ether oxygens (including phenoxy) is 1. The van der Waals surface area contributed by atoms with Gasteiger partial charge >= 0.3 is 0 Å². The van der Waals surface area contributed by atoms with Crippen molar-refractivity contribution in [3.63, 3.8) is 0 Å². The summed E-state index contributed by atoms with van der Waals surface area (Å²) in [5.41, 5.74) is 2.12. The molecule has 0 radical (unpaired) electrons. The molecule has 1 heterocycles. The SMILES string of the molecule is CCc1cn(C)c2ccc(F)c(OC)c12. The molecule has 0 unspecified atom stereocenters. The van der Waals surface area contributed by atoms with Gasteiger partial charge in [-0.15, -0.1) is 0 Å². The van der Waals surface area contributed by atoms with Crippen LogP contribution in [0.1, 0.15) is 12.5 Å². The number of hydrogen-bond acceptors (Lipinski definition) is 1. The number of halogens is 1. The molecule has 0 aliphatic carbocycles. The fourth-order valence-corrected chi connectivity index (χ4v) is 1.99. The van der Waals surface area contributed by atoms with Gasteiger partial charge in [0, 0.05) is 18.6 Å². The van der Waals surface area contributed by atoms with Gasteiger partial charge in [0.1, 0.15) is 0 Å². The average Bonchev–Trinajstić information content (AvgIpc) is 2.55. The van der Waals surface area contributed by atoms with Gasteiger partial charge in [-0.05, 0) is 24.1 Å². The third-order valence-electron chi connectivity index (χ3n) is 2.72. The second-order valence-corrected chi connectivity index (χ2v) is 3.59. The van der Waals surface area contributed by atoms with Gasteiger partial charge in [0.25, 0.3) is 0 Å². The zero-order valence-electron chi connectivity index (χ0n) is 9.17. The van der Waals surface area contributed by atoms with Gasteiger partial charge in [-0.3, -0.25) is 0 Å². The van der Waals surface area contributed by atoms with Gasteiger partial charge in [-0.25, -0.2) is 4.39 Å². The molecular formula is C12H14FNO. The van der Waals surface area contributed by atoms with Gasteiger partial charge in [-0.1, -0.05) is 6.92 Å². The van der Waals surface area contributed by atoms with E-state index >= 15 is 0 Å². The van der Waals surface area contributed by atoms with E-state index in [1.807, 2.05) is 17.8 Å². The largest absolute Gasteiger partial charge is 0.493 e. The number of benzene rings is 1. The van der Waals surface area contributed by atoms with Gasteiger partial charge in [0.05, 0.1) is 12.6 Å². The van der Waals surface area contributed by atoms with Crippen molar-refractivity contribution in [1.29, 1.82) is 0 Å². The molecule has 0 saturated carbocycles. The maximum atomic E-state index is 13.5. The number of rotatable bonds is 2. The number of aryl methyl sites for hydroxylation is 2. The highest BCUT2D eigenvalue weighted by Gasteiger charge is 2.14. The van der Waals surface area contributed by atoms with Gasteiger partial charge in [0.2, 0.25) is 0 Å². The number of fused-ring (bicyclic) bond motifs is 1. The fourth-order valence-electron chi connectivity index (χ4n) is 1.99. The summed E-state index contributed by atoms with van der Waals surface area (Å²) in [6.07, 6.45) is 2.89. The van der Waals surface area contributed by atoms with Crippen molar-refractivity contribution in [2.24, 2.45) is 7.05 Å². The number of methoxy groups -OCH3 is 1. The van der Waals surface area contributed by atoms with Crippen LogP contribution in [-0.4, -0.2) is 11.7 Å². The van der Waals surface area contributed by atoms with Crippen LogP contribution in [0.3, 0.4) is 0 Å². The quantitative estimate of drug-likeness (QED) is 0.738. The van der Waals surface area contributed by atoms with Crippen LogP contribution >= 0.6 is 0 Å². The van der Waals surface area contributed by atoms with Crippen LogP contribution in [0.4, 0.5) is 4.39 Å². The van der Waals surface area contributed by atoms with Crippen molar-refractivity contribution < 1.29 is 9.13 Å². The Kier molecular flexibility index (Phi) is 2.39. The summed E-state index contributed by atoms with van der Waals surface area (Å²) < 4.78 is 20.6. The topological polar surface area (TPSA) is 14.2 Å². The molecule has 1 aromatic heterocycles. The molecule has 0 saturated heterocycles. The van der Waals surface area contributed by atoms with Crippen LogP contribution in [0.25, 0.3) is 10.9 Å². The summed E-state index contributed by atoms with van der Waals surface area (Å²) in [6.45, 7) is 2.05. The van der Waals surface area contributed by atoms with Crippen LogP contribution in [0.15, 0.2) is 18.3 Å². The first-order valence-corrected chi connectivity index (χ1v) is 4.99. The zero-order chi connectivity index (χ0) is 11.0. The highest BCUT2D eigenvalue weighted by Crippen LogP contribution is 2.32. The molecule has 1 aromatic carbocycles. The Bertz CT molecular complexity index is 502. The molecule has 2 nitrogen and oxygen atoms in total. The Morgan fingerprint density at radius 2 is 2.13 bits per heavy atom. The number of aromatic nitrogens is 1. The Morgan fingerprint density at radius 3 is 2.73 bits per heavy atom. The summed E-state index contributed by atoms with van der Waals surface area (Å²) in [5, 5.41) is 0.891. The lowest BCUT2D eigenvalue weighted by atomic mass is 10.1. The fraction of sp³-hybridized carbons (Fsp3) is 0.333. The van der Waals surface area contributed by atoms with E-state index in [2.05, 4.69) is 6.92 Å². The van der Waals surface area contributed by atoms with Crippen LogP contribution < -0.4 is 4.74 Å². The van der Waals surface area contributed by atoms with Crippen LogP contribution in [0.2, 0.25) is 0 Å². The van der Waals surface area contributed by atoms with Gasteiger partial charge in [-0.2, -0.15) is 0 Å². The Morgan fingerprint density at radius 1 is 1.40 bits per heavy atom. The lowest BCUT2D eigenvalue weighted by molar-refractivity contribution is 0.391. The minimum Gasteiger partial charge on any atom is -0.493 e. The maximum Gasteiger partial charge on any atom is 0.165 e. The molecule has 0 fully saturated rings. The Hall–Kier alpha value is -1.51. The molecule has 0 aliphatic rings. The van der Waals surface area contributed by atoms with Crippen molar-refractivity contribution in [2.75, 3.05) is 7.11 Å². The highest BCUT2D eigenvalue weighted by molar-refractivity contribution is 5.90. The molecule has 15 heavy (non-hydrogen) atoms. The normalized spacial score (nSPS) is 10.9. The minimum atomic E-state index is -0.300. The highest BCUT2D eigenvalue weighted by atomic mass is 19.1. The van der Waals surface area contributed by atoms with Crippen molar-refractivity contribution in [3.05, 3.63) is 29.7 Å². The molecule has 0 amide bonds. The predicted octanol–water partition coefficient (Wildman–Crippen LogP) is 2.89. The van der Waals surface area contributed by atoms with Crippen LogP contribution in [0.5, 0.6) is 5.75 Å². The lowest BCUT2D eigenvalue weighted by Gasteiger charge is -2.05. The van der Waals surface area contributed by atoms with Crippen molar-refractivity contribution in [3.8, 4) is 5.75 Å². The number of hydrogen-bond donors (Lipinski definition) is 0. The standard InChI is InChI=1S/C12H14FNO/c1-4-8-7-14(2)10-6-5-9(13)12(15-3)11(8)10/h5-7H,4H2,1-3H3. The summed E-state index contributed by atoms with van der Waals surface area (Å²) in [7, 11) is 3.46. The van der Waals surface area contributed by atoms with E-state index in [1.165, 1.54) is 13.2 Å². The first-order chi connectivity index (χ1) is 7.19. The molecule has 2 rings (SSSR count). The van der Waals surface area contributed by atoms with E-state index in [-0.39, 0.29) is 5.82 Å². The van der Waals surface area contributed by atoms with E-state index in [1.54, 1.807) is 6.07 Å². The zero-order valence-corrected chi connectivity index (χ0v) is 9.17. The van der Waals surface area contributed by atoms with Crippen molar-refractivity contribution in [1.82, 2.24) is 4.57 Å². The molecule has 0 bridgehead atoms. The van der Waals surface area contributed by atoms with E-state index in [0.29, 0.717) is 5.75 Å². The van der Waals surface area contributed by atoms with Crippen LogP contribution in [0, 0.1) is 5.82 Å². The average molecular weight is 207 g/mol. The molecule has 80 valence electrons. The first kappa shape index (κ1) is 10.0. The van der Waals surface area contributed by atoms with E-state index < -0.39 is 0 Å². The maximum absolute atomic E-state index is 13.5. The summed E-state index contributed by atoms with van der Waals surface area (Å²) in [5.74, 6) is 0.0517. The first-order valence-electron chi connectivity index (χ1n) is 4.99. The third kappa shape index (κ3) is 1.39. The van der Waals surface area contributed by atoms with E-state index in [9.17, 15) is 4.39 Å². The lowest BCUT2D eigenvalue weighted by Crippen LogP contribution is -1.91. The Balaban J connectivity index is 2.88.